The van der Waals surface area contributed by atoms with Crippen LogP contribution in [0.5, 0.6) is 0 Å². The number of benzene rings is 1. The second kappa shape index (κ2) is 7.04. The Morgan fingerprint density at radius 2 is 1.61 bits per heavy atom. The molecule has 3 nitrogen and oxygen atoms in total. The van der Waals surface area contributed by atoms with Gasteiger partial charge in [-0.2, -0.15) is 0 Å². The molecular formula is C15H25N3. The lowest BCUT2D eigenvalue weighted by Crippen LogP contribution is -2.35. The van der Waals surface area contributed by atoms with Crippen LogP contribution in [-0.2, 0) is 0 Å². The van der Waals surface area contributed by atoms with Gasteiger partial charge in [0.2, 0.25) is 0 Å². The van der Waals surface area contributed by atoms with Crippen molar-refractivity contribution in [2.45, 2.75) is 19.3 Å². The highest BCUT2D eigenvalue weighted by molar-refractivity contribution is 5.79. The number of hydrogen-bond donors (Lipinski definition) is 0. The molecule has 0 saturated carbocycles. The Hall–Kier alpha value is -1.51. The molecule has 0 aliphatic heterocycles. The van der Waals surface area contributed by atoms with Crippen molar-refractivity contribution in [2.75, 3.05) is 34.7 Å². The van der Waals surface area contributed by atoms with Crippen LogP contribution in [0.3, 0.4) is 0 Å². The summed E-state index contributed by atoms with van der Waals surface area (Å²) in [6.45, 7) is 3.06. The number of rotatable bonds is 4. The van der Waals surface area contributed by atoms with E-state index in [0.717, 1.165) is 18.9 Å². The molecule has 18 heavy (non-hydrogen) atoms. The number of hydrogen-bond acceptors (Lipinski definition) is 1. The highest BCUT2D eigenvalue weighted by Crippen LogP contribution is 2.19. The highest BCUT2D eigenvalue weighted by Gasteiger charge is 2.10. The van der Waals surface area contributed by atoms with Gasteiger partial charge in [-0.3, -0.25) is 4.99 Å². The minimum absolute atomic E-state index is 0.501. The molecule has 1 unspecified atom stereocenters. The van der Waals surface area contributed by atoms with Gasteiger partial charge in [0.05, 0.1) is 0 Å². The lowest BCUT2D eigenvalue weighted by atomic mass is 9.97. The first-order valence-electron chi connectivity index (χ1n) is 6.50. The smallest absolute Gasteiger partial charge is 0.195 e. The van der Waals surface area contributed by atoms with Crippen molar-refractivity contribution in [3.8, 4) is 0 Å². The summed E-state index contributed by atoms with van der Waals surface area (Å²) in [5.41, 5.74) is 1.38. The number of aliphatic imine (C=N–C) groups is 1. The summed E-state index contributed by atoms with van der Waals surface area (Å²) >= 11 is 0. The third-order valence-corrected chi connectivity index (χ3v) is 3.02. The predicted octanol–water partition coefficient (Wildman–Crippen LogP) is 2.66. The molecule has 0 fully saturated rings. The summed E-state index contributed by atoms with van der Waals surface area (Å²) in [5.74, 6) is 1.52. The van der Waals surface area contributed by atoms with Crippen LogP contribution >= 0.6 is 0 Å². The largest absolute Gasteiger partial charge is 0.349 e. The molecule has 0 N–H and O–H groups in total. The van der Waals surface area contributed by atoms with Crippen LogP contribution in [-0.4, -0.2) is 50.5 Å². The zero-order valence-corrected chi connectivity index (χ0v) is 12.2. The lowest BCUT2D eigenvalue weighted by molar-refractivity contribution is 0.476. The molecule has 0 saturated heterocycles. The minimum atomic E-state index is 0.501. The molecule has 0 amide bonds. The zero-order valence-electron chi connectivity index (χ0n) is 12.2. The van der Waals surface area contributed by atoms with E-state index in [4.69, 9.17) is 4.99 Å². The highest BCUT2D eigenvalue weighted by atomic mass is 15.3. The van der Waals surface area contributed by atoms with Gasteiger partial charge in [0.1, 0.15) is 0 Å². The summed E-state index contributed by atoms with van der Waals surface area (Å²) in [7, 11) is 8.12. The van der Waals surface area contributed by atoms with Gasteiger partial charge in [-0.1, -0.05) is 37.3 Å². The van der Waals surface area contributed by atoms with E-state index in [1.54, 1.807) is 0 Å². The van der Waals surface area contributed by atoms with Crippen LogP contribution in [0.1, 0.15) is 24.8 Å². The molecule has 0 radical (unpaired) electrons. The van der Waals surface area contributed by atoms with Gasteiger partial charge >= 0.3 is 0 Å². The second-order valence-electron chi connectivity index (χ2n) is 4.95. The molecule has 0 aliphatic carbocycles. The van der Waals surface area contributed by atoms with Gasteiger partial charge in [-0.05, 0) is 12.0 Å². The van der Waals surface area contributed by atoms with Gasteiger partial charge in [0.15, 0.2) is 5.96 Å². The Morgan fingerprint density at radius 3 is 2.06 bits per heavy atom. The number of guanidine groups is 1. The summed E-state index contributed by atoms with van der Waals surface area (Å²) in [5, 5.41) is 0. The van der Waals surface area contributed by atoms with E-state index in [0.29, 0.717) is 5.92 Å². The van der Waals surface area contributed by atoms with Gasteiger partial charge in [0, 0.05) is 40.7 Å². The van der Waals surface area contributed by atoms with Crippen LogP contribution < -0.4 is 0 Å². The van der Waals surface area contributed by atoms with Crippen molar-refractivity contribution < 1.29 is 0 Å². The maximum absolute atomic E-state index is 4.74. The molecule has 0 heterocycles. The van der Waals surface area contributed by atoms with Crippen molar-refractivity contribution in [3.63, 3.8) is 0 Å². The minimum Gasteiger partial charge on any atom is -0.349 e. The van der Waals surface area contributed by atoms with Crippen molar-refractivity contribution in [1.29, 1.82) is 0 Å². The first kappa shape index (κ1) is 14.6. The Labute approximate surface area is 111 Å². The lowest BCUT2D eigenvalue weighted by Gasteiger charge is -2.23. The predicted molar refractivity (Wildman–Crippen MR) is 79.2 cm³/mol. The summed E-state index contributed by atoms with van der Waals surface area (Å²) in [6.07, 6.45) is 1.11. The first-order valence-corrected chi connectivity index (χ1v) is 6.50. The molecule has 0 spiro atoms. The van der Waals surface area contributed by atoms with Crippen LogP contribution in [0.4, 0.5) is 0 Å². The average molecular weight is 247 g/mol. The topological polar surface area (TPSA) is 18.8 Å². The molecular weight excluding hydrogens is 222 g/mol. The zero-order chi connectivity index (χ0) is 13.5. The van der Waals surface area contributed by atoms with Crippen LogP contribution in [0.15, 0.2) is 35.3 Å². The normalized spacial score (nSPS) is 11.8. The maximum atomic E-state index is 4.74. The molecule has 0 aromatic heterocycles. The van der Waals surface area contributed by atoms with E-state index >= 15 is 0 Å². The Morgan fingerprint density at radius 1 is 1.06 bits per heavy atom. The quantitative estimate of drug-likeness (QED) is 0.602. The molecule has 3 heteroatoms. The van der Waals surface area contributed by atoms with Gasteiger partial charge < -0.3 is 9.80 Å². The van der Waals surface area contributed by atoms with Gasteiger partial charge in [0.25, 0.3) is 0 Å². The van der Waals surface area contributed by atoms with Crippen LogP contribution in [0.2, 0.25) is 0 Å². The first-order chi connectivity index (χ1) is 8.56. The van der Waals surface area contributed by atoms with E-state index in [2.05, 4.69) is 47.1 Å². The van der Waals surface area contributed by atoms with Crippen molar-refractivity contribution in [2.24, 2.45) is 4.99 Å². The van der Waals surface area contributed by atoms with Crippen molar-refractivity contribution >= 4 is 5.96 Å². The van der Waals surface area contributed by atoms with Gasteiger partial charge in [-0.25, -0.2) is 0 Å². The SMILES string of the molecule is CCC(CN=C(N(C)C)N(C)C)c1ccccc1. The van der Waals surface area contributed by atoms with E-state index in [1.807, 2.05) is 28.2 Å². The Kier molecular flexibility index (Phi) is 5.69. The number of nitrogens with zero attached hydrogens (tertiary/aromatic N) is 3. The second-order valence-corrected chi connectivity index (χ2v) is 4.95. The molecule has 100 valence electrons. The van der Waals surface area contributed by atoms with Crippen molar-refractivity contribution in [3.05, 3.63) is 35.9 Å². The molecule has 1 aromatic carbocycles. The van der Waals surface area contributed by atoms with E-state index in [-0.39, 0.29) is 0 Å². The fraction of sp³-hybridized carbons (Fsp3) is 0.533. The average Bonchev–Trinajstić information content (AvgIpc) is 2.34. The Balaban J connectivity index is 2.78. The van der Waals surface area contributed by atoms with E-state index in [1.165, 1.54) is 5.56 Å². The summed E-state index contributed by atoms with van der Waals surface area (Å²) in [4.78, 5) is 8.85. The molecule has 1 aromatic rings. The monoisotopic (exact) mass is 247 g/mol. The Bertz CT molecular complexity index is 359. The fourth-order valence-corrected chi connectivity index (χ4v) is 2.07. The van der Waals surface area contributed by atoms with E-state index < -0.39 is 0 Å². The molecule has 1 rings (SSSR count). The standard InChI is InChI=1S/C15H25N3/c1-6-13(14-10-8-7-9-11-14)12-16-15(17(2)3)18(4)5/h7-11,13H,6,12H2,1-5H3. The van der Waals surface area contributed by atoms with Gasteiger partial charge in [-0.15, -0.1) is 0 Å². The maximum Gasteiger partial charge on any atom is 0.195 e. The van der Waals surface area contributed by atoms with Crippen LogP contribution in [0, 0.1) is 0 Å². The third kappa shape index (κ3) is 4.06. The molecule has 0 bridgehead atoms. The summed E-state index contributed by atoms with van der Waals surface area (Å²) in [6, 6.07) is 10.6. The molecule has 1 atom stereocenters. The summed E-state index contributed by atoms with van der Waals surface area (Å²) < 4.78 is 0. The molecule has 0 aliphatic rings. The fourth-order valence-electron chi connectivity index (χ4n) is 2.07. The van der Waals surface area contributed by atoms with Crippen LogP contribution in [0.25, 0.3) is 0 Å². The van der Waals surface area contributed by atoms with Crippen molar-refractivity contribution in [1.82, 2.24) is 9.80 Å². The van der Waals surface area contributed by atoms with E-state index in [9.17, 15) is 0 Å². The third-order valence-electron chi connectivity index (χ3n) is 3.02.